The van der Waals surface area contributed by atoms with Crippen molar-refractivity contribution in [3.8, 4) is 5.75 Å². The van der Waals surface area contributed by atoms with Crippen LogP contribution in [0.3, 0.4) is 0 Å². The Morgan fingerprint density at radius 2 is 1.83 bits per heavy atom. The van der Waals surface area contributed by atoms with Crippen molar-refractivity contribution in [2.24, 2.45) is 5.92 Å². The number of nitrogens with one attached hydrogen (secondary N) is 2. The molecular formula is C31H44N4O6S. The van der Waals surface area contributed by atoms with Crippen molar-refractivity contribution in [3.63, 3.8) is 0 Å². The summed E-state index contributed by atoms with van der Waals surface area (Å²) in [5.74, 6) is 0.0902. The highest BCUT2D eigenvalue weighted by atomic mass is 32.2. The fraction of sp³-hybridized carbons (Fsp3) is 0.548. The number of benzene rings is 2. The molecule has 11 heteroatoms. The third-order valence-corrected chi connectivity index (χ3v) is 9.63. The van der Waals surface area contributed by atoms with Gasteiger partial charge < -0.3 is 25.0 Å². The SMILES string of the molecule is Cc1ccc(S(=O)(=O)Nc2ccc3c(c2)CC(=O)N([C@@H](C)CO)C[C@H](C)[C@H](CN(C)C(=O)NC2CCCCC2)O3)cc1. The zero-order valence-corrected chi connectivity index (χ0v) is 25.8. The first-order chi connectivity index (χ1) is 20.0. The minimum absolute atomic E-state index is 0.0305. The van der Waals surface area contributed by atoms with Gasteiger partial charge in [-0.1, -0.05) is 43.9 Å². The van der Waals surface area contributed by atoms with E-state index in [0.717, 1.165) is 31.2 Å². The monoisotopic (exact) mass is 600 g/mol. The summed E-state index contributed by atoms with van der Waals surface area (Å²) in [6.07, 6.45) is 4.91. The lowest BCUT2D eigenvalue weighted by atomic mass is 9.96. The van der Waals surface area contributed by atoms with Crippen LogP contribution >= 0.6 is 0 Å². The molecule has 3 amide bonds. The number of rotatable bonds is 8. The van der Waals surface area contributed by atoms with Gasteiger partial charge in [0, 0.05) is 36.8 Å². The standard InChI is InChI=1S/C31H44N4O6S/c1-21-10-13-27(14-11-21)42(39,40)33-26-12-15-28-24(16-26)17-30(37)35(23(3)20-36)18-22(2)29(41-28)19-34(4)31(38)32-25-8-6-5-7-9-25/h10-16,22-23,25,29,33,36H,5-9,17-20H2,1-4H3,(H,32,38)/t22-,23-,29-/m0/s1. The lowest BCUT2D eigenvalue weighted by molar-refractivity contribution is -0.134. The first-order valence-electron chi connectivity index (χ1n) is 14.8. The molecule has 1 aliphatic carbocycles. The van der Waals surface area contributed by atoms with Crippen LogP contribution in [0.2, 0.25) is 0 Å². The van der Waals surface area contributed by atoms with E-state index < -0.39 is 22.2 Å². The lowest BCUT2D eigenvalue weighted by Crippen LogP contribution is -2.50. The van der Waals surface area contributed by atoms with Crippen LogP contribution < -0.4 is 14.8 Å². The topological polar surface area (TPSA) is 128 Å². The normalized spacial score (nSPS) is 20.8. The molecule has 2 aromatic carbocycles. The maximum absolute atomic E-state index is 13.5. The predicted octanol–water partition coefficient (Wildman–Crippen LogP) is 3.92. The Bertz CT molecular complexity index is 1340. The van der Waals surface area contributed by atoms with Crippen LogP contribution in [0.5, 0.6) is 5.75 Å². The average Bonchev–Trinajstić information content (AvgIpc) is 3.00. The number of carbonyl (C=O) groups excluding carboxylic acids is 2. The van der Waals surface area contributed by atoms with Gasteiger partial charge in [0.25, 0.3) is 10.0 Å². The van der Waals surface area contributed by atoms with Gasteiger partial charge >= 0.3 is 6.03 Å². The number of likely N-dealkylation sites (N-methyl/N-ethyl adjacent to an activating group) is 1. The van der Waals surface area contributed by atoms with Crippen molar-refractivity contribution in [1.29, 1.82) is 0 Å². The molecule has 0 saturated heterocycles. The van der Waals surface area contributed by atoms with E-state index in [1.807, 2.05) is 13.8 Å². The van der Waals surface area contributed by atoms with Crippen molar-refractivity contribution in [2.75, 3.05) is 31.5 Å². The zero-order chi connectivity index (χ0) is 30.4. The van der Waals surface area contributed by atoms with E-state index in [-0.39, 0.29) is 48.4 Å². The lowest BCUT2D eigenvalue weighted by Gasteiger charge is -2.34. The van der Waals surface area contributed by atoms with Crippen LogP contribution in [0, 0.1) is 12.8 Å². The van der Waals surface area contributed by atoms with Gasteiger partial charge in [0.2, 0.25) is 5.91 Å². The van der Waals surface area contributed by atoms with Crippen LogP contribution in [-0.4, -0.2) is 80.2 Å². The number of ether oxygens (including phenoxy) is 1. The third kappa shape index (κ3) is 7.95. The molecule has 0 radical (unpaired) electrons. The summed E-state index contributed by atoms with van der Waals surface area (Å²) >= 11 is 0. The Kier molecular flexibility index (Phi) is 10.4. The van der Waals surface area contributed by atoms with Crippen LogP contribution in [0.25, 0.3) is 0 Å². The summed E-state index contributed by atoms with van der Waals surface area (Å²) in [6, 6.07) is 11.1. The largest absolute Gasteiger partial charge is 0.488 e. The van der Waals surface area contributed by atoms with Crippen molar-refractivity contribution in [3.05, 3.63) is 53.6 Å². The Balaban J connectivity index is 1.59. The minimum atomic E-state index is -3.85. The molecule has 3 N–H and O–H groups in total. The Hall–Kier alpha value is -3.31. The Labute approximate surface area is 249 Å². The summed E-state index contributed by atoms with van der Waals surface area (Å²) in [5.41, 5.74) is 1.78. The van der Waals surface area contributed by atoms with Crippen LogP contribution in [0.4, 0.5) is 10.5 Å². The number of sulfonamides is 1. The number of nitrogens with zero attached hydrogens (tertiary/aromatic N) is 2. The molecule has 0 aromatic heterocycles. The maximum atomic E-state index is 13.5. The third-order valence-electron chi connectivity index (χ3n) is 8.23. The molecule has 1 heterocycles. The van der Waals surface area contributed by atoms with Gasteiger partial charge in [0.05, 0.1) is 30.5 Å². The quantitative estimate of drug-likeness (QED) is 0.422. The number of aliphatic hydroxyl groups is 1. The number of fused-ring (bicyclic) bond motifs is 1. The molecule has 2 aromatic rings. The molecule has 0 spiro atoms. The predicted molar refractivity (Wildman–Crippen MR) is 162 cm³/mol. The van der Waals surface area contributed by atoms with Crippen LogP contribution in [0.1, 0.15) is 57.1 Å². The van der Waals surface area contributed by atoms with E-state index >= 15 is 0 Å². The molecule has 1 saturated carbocycles. The van der Waals surface area contributed by atoms with Gasteiger partial charge in [0.15, 0.2) is 0 Å². The van der Waals surface area contributed by atoms with Gasteiger partial charge in [-0.25, -0.2) is 13.2 Å². The molecule has 0 bridgehead atoms. The van der Waals surface area contributed by atoms with Crippen molar-refractivity contribution in [2.45, 2.75) is 82.4 Å². The van der Waals surface area contributed by atoms with E-state index in [1.165, 1.54) is 6.42 Å². The highest BCUT2D eigenvalue weighted by molar-refractivity contribution is 7.92. The molecule has 3 atom stereocenters. The zero-order valence-electron chi connectivity index (χ0n) is 25.0. The van der Waals surface area contributed by atoms with Gasteiger partial charge in [-0.2, -0.15) is 0 Å². The first kappa shape index (κ1) is 31.6. The molecule has 42 heavy (non-hydrogen) atoms. The number of hydrogen-bond acceptors (Lipinski definition) is 6. The molecular weight excluding hydrogens is 556 g/mol. The number of urea groups is 1. The summed E-state index contributed by atoms with van der Waals surface area (Å²) in [7, 11) is -2.11. The number of aliphatic hydroxyl groups excluding tert-OH is 1. The minimum Gasteiger partial charge on any atom is -0.488 e. The smallest absolute Gasteiger partial charge is 0.317 e. The molecule has 230 valence electrons. The highest BCUT2D eigenvalue weighted by Crippen LogP contribution is 2.30. The molecule has 2 aliphatic rings. The fourth-order valence-electron chi connectivity index (χ4n) is 5.53. The van der Waals surface area contributed by atoms with Crippen molar-refractivity contribution < 1.29 is 27.9 Å². The van der Waals surface area contributed by atoms with E-state index in [9.17, 15) is 23.1 Å². The Morgan fingerprint density at radius 3 is 2.50 bits per heavy atom. The average molecular weight is 601 g/mol. The Morgan fingerprint density at radius 1 is 1.14 bits per heavy atom. The highest BCUT2D eigenvalue weighted by Gasteiger charge is 2.32. The number of amides is 3. The van der Waals surface area contributed by atoms with Gasteiger partial charge in [-0.05, 0) is 57.0 Å². The second-order valence-corrected chi connectivity index (χ2v) is 13.5. The fourth-order valence-corrected chi connectivity index (χ4v) is 6.58. The van der Waals surface area contributed by atoms with Gasteiger partial charge in [-0.3, -0.25) is 9.52 Å². The van der Waals surface area contributed by atoms with Crippen LogP contribution in [0.15, 0.2) is 47.4 Å². The molecule has 1 fully saturated rings. The molecule has 10 nitrogen and oxygen atoms in total. The molecule has 1 aliphatic heterocycles. The summed E-state index contributed by atoms with van der Waals surface area (Å²) in [6.45, 7) is 6.07. The van der Waals surface area contributed by atoms with Gasteiger partial charge in [-0.15, -0.1) is 0 Å². The second-order valence-electron chi connectivity index (χ2n) is 11.8. The number of hydrogen-bond donors (Lipinski definition) is 3. The van der Waals surface area contributed by atoms with E-state index in [0.29, 0.717) is 23.5 Å². The molecule has 0 unspecified atom stereocenters. The number of aryl methyl sites for hydroxylation is 1. The maximum Gasteiger partial charge on any atom is 0.317 e. The van der Waals surface area contributed by atoms with Gasteiger partial charge in [0.1, 0.15) is 11.9 Å². The summed E-state index contributed by atoms with van der Waals surface area (Å²) in [5, 5.41) is 13.0. The summed E-state index contributed by atoms with van der Waals surface area (Å²) < 4.78 is 35.2. The van der Waals surface area contributed by atoms with Crippen molar-refractivity contribution >= 4 is 27.6 Å². The van der Waals surface area contributed by atoms with E-state index in [4.69, 9.17) is 4.74 Å². The van der Waals surface area contributed by atoms with Crippen LogP contribution in [-0.2, 0) is 21.2 Å². The molecule has 4 rings (SSSR count). The number of carbonyl (C=O) groups is 2. The van der Waals surface area contributed by atoms with E-state index in [2.05, 4.69) is 10.0 Å². The van der Waals surface area contributed by atoms with Crippen molar-refractivity contribution in [1.82, 2.24) is 15.1 Å². The van der Waals surface area contributed by atoms with E-state index in [1.54, 1.807) is 66.2 Å². The number of anilines is 1. The first-order valence-corrected chi connectivity index (χ1v) is 16.3. The second kappa shape index (κ2) is 13.8. The summed E-state index contributed by atoms with van der Waals surface area (Å²) in [4.78, 5) is 29.9.